The van der Waals surface area contributed by atoms with E-state index in [2.05, 4.69) is 0 Å². The Kier molecular flexibility index (Phi) is 6.84. The highest BCUT2D eigenvalue weighted by atomic mass is 16.5. The highest BCUT2D eigenvalue weighted by Gasteiger charge is 1.98. The third-order valence-corrected chi connectivity index (χ3v) is 3.56. The van der Waals surface area contributed by atoms with E-state index in [4.69, 9.17) is 4.74 Å². The van der Waals surface area contributed by atoms with Crippen LogP contribution in [0.4, 0.5) is 0 Å². The van der Waals surface area contributed by atoms with Crippen molar-refractivity contribution in [2.75, 3.05) is 6.61 Å². The van der Waals surface area contributed by atoms with Crippen LogP contribution in [-0.4, -0.2) is 22.8 Å². The standard InChI is InChI=1S/C21H22O4/c1-2-3-14-25-21(24)13-11-17-6-4-16(5-7-17)8-9-18-10-12-19(22)20(23)15-18/h4-13,15,22-23H,2-3,14H2,1H3/b9-8+,13-11+. The zero-order chi connectivity index (χ0) is 18.1. The molecule has 0 fully saturated rings. The summed E-state index contributed by atoms with van der Waals surface area (Å²) in [6.07, 6.45) is 8.77. The molecule has 0 heterocycles. The van der Waals surface area contributed by atoms with Crippen molar-refractivity contribution >= 4 is 24.2 Å². The summed E-state index contributed by atoms with van der Waals surface area (Å²) in [6, 6.07) is 12.3. The Bertz CT molecular complexity index is 758. The number of phenols is 2. The van der Waals surface area contributed by atoms with Crippen LogP contribution in [0.3, 0.4) is 0 Å². The van der Waals surface area contributed by atoms with E-state index < -0.39 is 0 Å². The summed E-state index contributed by atoms with van der Waals surface area (Å²) >= 11 is 0. The van der Waals surface area contributed by atoms with Gasteiger partial charge in [-0.1, -0.05) is 55.8 Å². The van der Waals surface area contributed by atoms with Gasteiger partial charge in [0.05, 0.1) is 6.61 Å². The van der Waals surface area contributed by atoms with Crippen molar-refractivity contribution < 1.29 is 19.7 Å². The number of esters is 1. The molecule has 2 N–H and O–H groups in total. The van der Waals surface area contributed by atoms with Crippen LogP contribution in [0.1, 0.15) is 36.5 Å². The average Bonchev–Trinajstić information content (AvgIpc) is 2.62. The van der Waals surface area contributed by atoms with Crippen LogP contribution < -0.4 is 0 Å². The lowest BCUT2D eigenvalue weighted by molar-refractivity contribution is -0.137. The van der Waals surface area contributed by atoms with Gasteiger partial charge in [-0.15, -0.1) is 0 Å². The molecule has 2 rings (SSSR count). The lowest BCUT2D eigenvalue weighted by Crippen LogP contribution is -2.01. The van der Waals surface area contributed by atoms with Crippen LogP contribution in [0, 0.1) is 0 Å². The number of hydrogen-bond donors (Lipinski definition) is 2. The molecular formula is C21H22O4. The largest absolute Gasteiger partial charge is 0.504 e. The lowest BCUT2D eigenvalue weighted by atomic mass is 10.1. The zero-order valence-corrected chi connectivity index (χ0v) is 14.2. The summed E-state index contributed by atoms with van der Waals surface area (Å²) in [5.74, 6) is -0.612. The molecule has 0 aliphatic rings. The number of aromatic hydroxyl groups is 2. The normalized spacial score (nSPS) is 11.2. The van der Waals surface area contributed by atoms with Gasteiger partial charge in [0.15, 0.2) is 11.5 Å². The smallest absolute Gasteiger partial charge is 0.330 e. The Morgan fingerprint density at radius 1 is 0.920 bits per heavy atom. The Hall–Kier alpha value is -3.01. The van der Waals surface area contributed by atoms with Crippen molar-refractivity contribution in [3.63, 3.8) is 0 Å². The van der Waals surface area contributed by atoms with Crippen molar-refractivity contribution in [1.29, 1.82) is 0 Å². The number of unbranched alkanes of at least 4 members (excludes halogenated alkanes) is 1. The topological polar surface area (TPSA) is 66.8 Å². The predicted molar refractivity (Wildman–Crippen MR) is 100 cm³/mol. The van der Waals surface area contributed by atoms with Crippen LogP contribution in [0.15, 0.2) is 48.5 Å². The summed E-state index contributed by atoms with van der Waals surface area (Å²) in [4.78, 5) is 11.5. The molecule has 25 heavy (non-hydrogen) atoms. The molecule has 2 aromatic carbocycles. The molecule has 0 saturated carbocycles. The summed E-state index contributed by atoms with van der Waals surface area (Å²) < 4.78 is 5.06. The van der Waals surface area contributed by atoms with Gasteiger partial charge < -0.3 is 14.9 Å². The van der Waals surface area contributed by atoms with Crippen LogP contribution in [-0.2, 0) is 9.53 Å². The molecular weight excluding hydrogens is 316 g/mol. The molecule has 130 valence electrons. The number of benzene rings is 2. The molecule has 0 atom stereocenters. The van der Waals surface area contributed by atoms with Gasteiger partial charge in [-0.25, -0.2) is 4.79 Å². The minimum atomic E-state index is -0.329. The molecule has 0 bridgehead atoms. The van der Waals surface area contributed by atoms with Crippen molar-refractivity contribution in [1.82, 2.24) is 0 Å². The number of rotatable bonds is 7. The molecule has 0 aliphatic heterocycles. The molecule has 0 saturated heterocycles. The first-order valence-corrected chi connectivity index (χ1v) is 8.23. The maximum Gasteiger partial charge on any atom is 0.330 e. The minimum Gasteiger partial charge on any atom is -0.504 e. The Morgan fingerprint density at radius 3 is 2.16 bits per heavy atom. The van der Waals surface area contributed by atoms with E-state index >= 15 is 0 Å². The van der Waals surface area contributed by atoms with Gasteiger partial charge in [-0.05, 0) is 41.3 Å². The highest BCUT2D eigenvalue weighted by molar-refractivity contribution is 5.87. The number of carbonyl (C=O) groups excluding carboxylic acids is 1. The third-order valence-electron chi connectivity index (χ3n) is 3.56. The maximum atomic E-state index is 11.5. The monoisotopic (exact) mass is 338 g/mol. The summed E-state index contributed by atoms with van der Waals surface area (Å²) in [7, 11) is 0. The fraction of sp³-hybridized carbons (Fsp3) is 0.190. The van der Waals surface area contributed by atoms with Crippen molar-refractivity contribution in [2.45, 2.75) is 19.8 Å². The third kappa shape index (κ3) is 6.18. The molecule has 0 aromatic heterocycles. The van der Waals surface area contributed by atoms with Crippen LogP contribution in [0.25, 0.3) is 18.2 Å². The minimum absolute atomic E-state index is 0.137. The van der Waals surface area contributed by atoms with Gasteiger partial charge >= 0.3 is 5.97 Å². The Morgan fingerprint density at radius 2 is 1.52 bits per heavy atom. The fourth-order valence-corrected chi connectivity index (χ4v) is 2.08. The average molecular weight is 338 g/mol. The van der Waals surface area contributed by atoms with Gasteiger partial charge in [0.1, 0.15) is 0 Å². The maximum absolute atomic E-state index is 11.5. The number of hydrogen-bond acceptors (Lipinski definition) is 4. The second-order valence-electron chi connectivity index (χ2n) is 5.60. The molecule has 4 heteroatoms. The molecule has 0 amide bonds. The molecule has 0 aliphatic carbocycles. The first-order valence-electron chi connectivity index (χ1n) is 8.23. The van der Waals surface area contributed by atoms with Crippen molar-refractivity contribution in [2.24, 2.45) is 0 Å². The van der Waals surface area contributed by atoms with Crippen molar-refractivity contribution in [3.05, 3.63) is 65.2 Å². The molecule has 0 radical (unpaired) electrons. The molecule has 4 nitrogen and oxygen atoms in total. The summed E-state index contributed by atoms with van der Waals surface area (Å²) in [5.41, 5.74) is 2.68. The van der Waals surface area contributed by atoms with Gasteiger partial charge in [0.25, 0.3) is 0 Å². The van der Waals surface area contributed by atoms with Gasteiger partial charge in [0.2, 0.25) is 0 Å². The van der Waals surface area contributed by atoms with E-state index in [0.29, 0.717) is 6.61 Å². The Balaban J connectivity index is 1.94. The van der Waals surface area contributed by atoms with E-state index in [0.717, 1.165) is 29.5 Å². The number of phenolic OH excluding ortho intramolecular Hbond substituents is 2. The second-order valence-corrected chi connectivity index (χ2v) is 5.60. The van der Waals surface area contributed by atoms with Gasteiger partial charge in [0, 0.05) is 6.08 Å². The molecule has 0 unspecified atom stereocenters. The van der Waals surface area contributed by atoms with E-state index in [-0.39, 0.29) is 17.5 Å². The van der Waals surface area contributed by atoms with E-state index in [1.54, 1.807) is 12.1 Å². The zero-order valence-electron chi connectivity index (χ0n) is 14.2. The van der Waals surface area contributed by atoms with Crippen LogP contribution in [0.2, 0.25) is 0 Å². The van der Waals surface area contributed by atoms with Crippen LogP contribution in [0.5, 0.6) is 11.5 Å². The predicted octanol–water partition coefficient (Wildman–Crippen LogP) is 4.62. The first kappa shape index (κ1) is 18.3. The summed E-state index contributed by atoms with van der Waals surface area (Å²) in [5, 5.41) is 18.8. The van der Waals surface area contributed by atoms with E-state index in [9.17, 15) is 15.0 Å². The van der Waals surface area contributed by atoms with Crippen LogP contribution >= 0.6 is 0 Å². The summed E-state index contributed by atoms with van der Waals surface area (Å²) in [6.45, 7) is 2.50. The number of ether oxygens (including phenoxy) is 1. The fourth-order valence-electron chi connectivity index (χ4n) is 2.08. The van der Waals surface area contributed by atoms with Crippen molar-refractivity contribution in [3.8, 4) is 11.5 Å². The van der Waals surface area contributed by atoms with E-state index in [1.165, 1.54) is 18.2 Å². The Labute approximate surface area is 147 Å². The van der Waals surface area contributed by atoms with E-state index in [1.807, 2.05) is 43.3 Å². The van der Waals surface area contributed by atoms with Gasteiger partial charge in [-0.2, -0.15) is 0 Å². The molecule has 0 spiro atoms. The first-order chi connectivity index (χ1) is 12.1. The quantitative estimate of drug-likeness (QED) is 0.254. The second kappa shape index (κ2) is 9.33. The van der Waals surface area contributed by atoms with Gasteiger partial charge in [-0.3, -0.25) is 0 Å². The lowest BCUT2D eigenvalue weighted by Gasteiger charge is -2.00. The SMILES string of the molecule is CCCCOC(=O)/C=C/c1ccc(/C=C/c2ccc(O)c(O)c2)cc1. The molecule has 2 aromatic rings. The highest BCUT2D eigenvalue weighted by Crippen LogP contribution is 2.25. The number of carbonyl (C=O) groups is 1.